The Morgan fingerprint density at radius 3 is 2.67 bits per heavy atom. The maximum atomic E-state index is 3.95. The molecule has 0 saturated heterocycles. The molecular weight excluding hydrogens is 110 g/mol. The van der Waals surface area contributed by atoms with Gasteiger partial charge in [-0.2, -0.15) is 0 Å². The van der Waals surface area contributed by atoms with Crippen molar-refractivity contribution in [2.75, 3.05) is 6.54 Å². The highest BCUT2D eigenvalue weighted by Gasteiger charge is 1.85. The molecule has 0 bridgehead atoms. The zero-order valence-corrected chi connectivity index (χ0v) is 6.44. The largest absolute Gasteiger partial charge is 0.269 e. The van der Waals surface area contributed by atoms with Crippen LogP contribution in [0.5, 0.6) is 0 Å². The molecule has 0 aromatic rings. The number of allylic oxidation sites excluding steroid dienone is 1. The van der Waals surface area contributed by atoms with Gasteiger partial charge in [-0.1, -0.05) is 16.5 Å². The monoisotopic (exact) mass is 124 g/mol. The number of hydrogen-bond donors (Lipinski definition) is 0. The lowest BCUT2D eigenvalue weighted by molar-refractivity contribution is 1.11. The van der Waals surface area contributed by atoms with Gasteiger partial charge in [-0.25, -0.2) is 0 Å². The van der Waals surface area contributed by atoms with Gasteiger partial charge in [0.2, 0.25) is 0 Å². The lowest BCUT2D eigenvalue weighted by Gasteiger charge is -1.80. The Balaban J connectivity index is 3.27. The van der Waals surface area contributed by atoms with Gasteiger partial charge in [0.1, 0.15) is 0 Å². The van der Waals surface area contributed by atoms with Gasteiger partial charge in [-0.3, -0.25) is 0 Å². The molecule has 0 saturated carbocycles. The van der Waals surface area contributed by atoms with Crippen LogP contribution in [0, 0.1) is 6.07 Å². The van der Waals surface area contributed by atoms with Gasteiger partial charge in [0.25, 0.3) is 12.6 Å². The third-order valence-electron chi connectivity index (χ3n) is 0.952. The van der Waals surface area contributed by atoms with E-state index in [9.17, 15) is 0 Å². The molecule has 0 aromatic carbocycles. The molecule has 0 unspecified atom stereocenters. The van der Waals surface area contributed by atoms with Crippen molar-refractivity contribution in [3.05, 3.63) is 16.5 Å². The van der Waals surface area contributed by atoms with Crippen LogP contribution >= 0.6 is 0 Å². The smallest absolute Gasteiger partial charge is 0.0837 e. The summed E-state index contributed by atoms with van der Waals surface area (Å²) in [6.45, 7) is 6.89. The zero-order chi connectivity index (χ0) is 7.11. The fourth-order valence-corrected chi connectivity index (χ4v) is 0.530. The molecule has 0 radical (unpaired) electrons. The van der Waals surface area contributed by atoms with Crippen molar-refractivity contribution in [2.45, 2.75) is 27.2 Å². The highest BCUT2D eigenvalue weighted by Crippen LogP contribution is 1.92. The van der Waals surface area contributed by atoms with Gasteiger partial charge in [-0.05, 0) is 13.8 Å². The fourth-order valence-electron chi connectivity index (χ4n) is 0.530. The van der Waals surface area contributed by atoms with Crippen LogP contribution in [0.2, 0.25) is 0 Å². The van der Waals surface area contributed by atoms with Gasteiger partial charge >= 0.3 is 0 Å². The molecule has 0 amide bonds. The molecule has 0 heterocycles. The summed E-state index contributed by atoms with van der Waals surface area (Å²) in [5, 5.41) is 0. The van der Waals surface area contributed by atoms with Crippen LogP contribution in [-0.4, -0.2) is 6.54 Å². The van der Waals surface area contributed by atoms with Crippen molar-refractivity contribution in [1.29, 1.82) is 0 Å². The summed E-state index contributed by atoms with van der Waals surface area (Å²) in [7, 11) is 0. The summed E-state index contributed by atoms with van der Waals surface area (Å²) >= 11 is 0. The maximum Gasteiger partial charge on any atom is 0.269 e. The Labute approximate surface area is 57.2 Å². The molecular formula is C8H14N+. The topological polar surface area (TPSA) is 4.36 Å². The van der Waals surface area contributed by atoms with Crippen LogP contribution in [0.25, 0.3) is 4.85 Å². The Morgan fingerprint density at radius 2 is 2.22 bits per heavy atom. The molecule has 0 aliphatic carbocycles. The van der Waals surface area contributed by atoms with Crippen molar-refractivity contribution in [1.82, 2.24) is 0 Å². The van der Waals surface area contributed by atoms with E-state index in [1.165, 1.54) is 5.57 Å². The zero-order valence-electron chi connectivity index (χ0n) is 6.44. The minimum Gasteiger partial charge on any atom is -0.0837 e. The Kier molecular flexibility index (Phi) is 4.91. The van der Waals surface area contributed by atoms with E-state index in [0.29, 0.717) is 0 Å². The Morgan fingerprint density at radius 1 is 1.56 bits per heavy atom. The molecule has 0 rings (SSSR count). The van der Waals surface area contributed by atoms with Crippen molar-refractivity contribution in [3.8, 4) is 6.07 Å². The van der Waals surface area contributed by atoms with Crippen LogP contribution < -0.4 is 0 Å². The maximum absolute atomic E-state index is 3.95. The molecule has 0 N–H and O–H groups in total. The SMILES string of the molecule is CC#[N+]CCC=C(C)C. The standard InChI is InChI=1S/C8H14N/c1-4-9-7-5-6-8(2)3/h6H,5,7H2,1-3H3/q+1. The first-order chi connectivity index (χ1) is 4.27. The number of nitrogens with zero attached hydrogens (tertiary/aromatic N) is 1. The molecule has 1 nitrogen and oxygen atoms in total. The van der Waals surface area contributed by atoms with Crippen LogP contribution in [-0.2, 0) is 0 Å². The van der Waals surface area contributed by atoms with E-state index in [1.807, 2.05) is 6.92 Å². The molecule has 0 atom stereocenters. The summed E-state index contributed by atoms with van der Waals surface area (Å²) < 4.78 is 0. The summed E-state index contributed by atoms with van der Waals surface area (Å²) in [6, 6.07) is 2.74. The van der Waals surface area contributed by atoms with E-state index in [0.717, 1.165) is 13.0 Å². The van der Waals surface area contributed by atoms with Crippen LogP contribution in [0.1, 0.15) is 27.2 Å². The fraction of sp³-hybridized carbons (Fsp3) is 0.625. The van der Waals surface area contributed by atoms with E-state index >= 15 is 0 Å². The third kappa shape index (κ3) is 7.23. The predicted octanol–water partition coefficient (Wildman–Crippen LogP) is 2.70. The molecule has 0 aromatic heterocycles. The normalized spacial score (nSPS) is 7.44. The van der Waals surface area contributed by atoms with Crippen molar-refractivity contribution >= 4 is 0 Å². The summed E-state index contributed by atoms with van der Waals surface area (Å²) in [4.78, 5) is 3.95. The minimum absolute atomic E-state index is 0.877. The average Bonchev–Trinajstić information content (AvgIpc) is 1.80. The highest BCUT2D eigenvalue weighted by molar-refractivity contribution is 4.95. The van der Waals surface area contributed by atoms with E-state index in [1.54, 1.807) is 0 Å². The Bertz CT molecular complexity index is 142. The van der Waals surface area contributed by atoms with Gasteiger partial charge in [0, 0.05) is 6.42 Å². The van der Waals surface area contributed by atoms with E-state index in [-0.39, 0.29) is 0 Å². The second-order valence-corrected chi connectivity index (χ2v) is 2.18. The molecule has 50 valence electrons. The third-order valence-corrected chi connectivity index (χ3v) is 0.952. The summed E-state index contributed by atoms with van der Waals surface area (Å²) in [5.41, 5.74) is 1.36. The molecule has 0 spiro atoms. The first-order valence-electron chi connectivity index (χ1n) is 3.24. The van der Waals surface area contributed by atoms with Crippen LogP contribution in [0.3, 0.4) is 0 Å². The molecule has 0 aliphatic rings. The average molecular weight is 124 g/mol. The second kappa shape index (κ2) is 5.37. The van der Waals surface area contributed by atoms with E-state index < -0.39 is 0 Å². The van der Waals surface area contributed by atoms with Crippen molar-refractivity contribution in [3.63, 3.8) is 0 Å². The Hall–Kier alpha value is -0.770. The quantitative estimate of drug-likeness (QED) is 0.394. The lowest BCUT2D eigenvalue weighted by atomic mass is 10.3. The van der Waals surface area contributed by atoms with Crippen LogP contribution in [0.4, 0.5) is 0 Å². The molecule has 0 fully saturated rings. The van der Waals surface area contributed by atoms with Crippen LogP contribution in [0.15, 0.2) is 11.6 Å². The summed E-state index contributed by atoms with van der Waals surface area (Å²) in [5.74, 6) is 0. The first kappa shape index (κ1) is 8.23. The van der Waals surface area contributed by atoms with Gasteiger partial charge < -0.3 is 0 Å². The molecule has 1 heteroatoms. The first-order valence-corrected chi connectivity index (χ1v) is 3.24. The molecule has 9 heavy (non-hydrogen) atoms. The number of hydrogen-bond acceptors (Lipinski definition) is 0. The lowest BCUT2D eigenvalue weighted by Crippen LogP contribution is -1.72. The predicted molar refractivity (Wildman–Crippen MR) is 41.8 cm³/mol. The summed E-state index contributed by atoms with van der Waals surface area (Å²) in [6.07, 6.45) is 3.23. The van der Waals surface area contributed by atoms with Gasteiger partial charge in [-0.15, -0.1) is 0 Å². The molecule has 0 aliphatic heterocycles. The van der Waals surface area contributed by atoms with Gasteiger partial charge in [0.15, 0.2) is 0 Å². The second-order valence-electron chi connectivity index (χ2n) is 2.18. The highest BCUT2D eigenvalue weighted by atomic mass is 14.6. The minimum atomic E-state index is 0.877. The van der Waals surface area contributed by atoms with Crippen molar-refractivity contribution in [2.24, 2.45) is 0 Å². The van der Waals surface area contributed by atoms with E-state index in [4.69, 9.17) is 0 Å². The number of rotatable bonds is 2. The van der Waals surface area contributed by atoms with E-state index in [2.05, 4.69) is 30.8 Å². The van der Waals surface area contributed by atoms with Crippen molar-refractivity contribution < 1.29 is 0 Å². The van der Waals surface area contributed by atoms with Gasteiger partial charge in [0.05, 0.1) is 6.92 Å².